The minimum Gasteiger partial charge on any atom is -0.495 e. The third-order valence-corrected chi connectivity index (χ3v) is 2.52. The van der Waals surface area contributed by atoms with Crippen LogP contribution in [0.1, 0.15) is 26.5 Å². The van der Waals surface area contributed by atoms with Crippen molar-refractivity contribution in [2.24, 2.45) is 0 Å². The zero-order chi connectivity index (χ0) is 13.9. The van der Waals surface area contributed by atoms with Crippen molar-refractivity contribution >= 4 is 11.8 Å². The molecule has 0 atom stereocenters. The number of amides is 1. The highest BCUT2D eigenvalue weighted by molar-refractivity contribution is 5.66. The number of hydrogen-bond donors (Lipinski definition) is 2. The summed E-state index contributed by atoms with van der Waals surface area (Å²) in [5.41, 5.74) is 6.12. The van der Waals surface area contributed by atoms with E-state index in [0.29, 0.717) is 17.1 Å². The van der Waals surface area contributed by atoms with Crippen molar-refractivity contribution in [1.29, 1.82) is 0 Å². The molecule has 0 aliphatic heterocycles. The molecule has 0 spiro atoms. The molecule has 0 aliphatic rings. The third-order valence-electron chi connectivity index (χ3n) is 2.52. The van der Waals surface area contributed by atoms with Gasteiger partial charge < -0.3 is 15.6 Å². The Bertz CT molecular complexity index is 441. The van der Waals surface area contributed by atoms with Crippen LogP contribution in [0.4, 0.5) is 10.5 Å². The Hall–Kier alpha value is -1.98. The first-order valence-corrected chi connectivity index (χ1v) is 5.54. The van der Waals surface area contributed by atoms with Gasteiger partial charge in [0.2, 0.25) is 0 Å². The number of carboxylic acid groups (broad SMARTS) is 1. The van der Waals surface area contributed by atoms with Gasteiger partial charge in [0.25, 0.3) is 0 Å². The first kappa shape index (κ1) is 14.1. The smallest absolute Gasteiger partial charge is 0.408 e. The molecule has 0 radical (unpaired) electrons. The number of nitrogen functional groups attached to an aromatic ring is 1. The van der Waals surface area contributed by atoms with Crippen molar-refractivity contribution < 1.29 is 14.6 Å². The number of methoxy groups -OCH3 is 1. The Kier molecular flexibility index (Phi) is 4.00. The summed E-state index contributed by atoms with van der Waals surface area (Å²) >= 11 is 0. The summed E-state index contributed by atoms with van der Waals surface area (Å²) in [6.07, 6.45) is 0.490. The minimum atomic E-state index is -0.997. The van der Waals surface area contributed by atoms with Crippen molar-refractivity contribution in [2.45, 2.75) is 32.9 Å². The Balaban J connectivity index is 3.05. The second kappa shape index (κ2) is 5.12. The quantitative estimate of drug-likeness (QED) is 0.859. The minimum absolute atomic E-state index is 0.155. The van der Waals surface area contributed by atoms with Crippen LogP contribution in [-0.2, 0) is 6.54 Å². The molecule has 1 heterocycles. The van der Waals surface area contributed by atoms with Crippen LogP contribution in [-0.4, -0.2) is 33.7 Å². The first-order chi connectivity index (χ1) is 8.25. The van der Waals surface area contributed by atoms with Gasteiger partial charge in [0.1, 0.15) is 11.4 Å². The molecular formula is C12H19N3O3. The molecule has 1 rings (SSSR count). The average molecular weight is 253 g/mol. The molecule has 6 heteroatoms. The summed E-state index contributed by atoms with van der Waals surface area (Å²) in [6.45, 7) is 5.63. The number of carbonyl (C=O) groups is 1. The van der Waals surface area contributed by atoms with E-state index in [1.165, 1.54) is 18.2 Å². The summed E-state index contributed by atoms with van der Waals surface area (Å²) in [5, 5.41) is 9.22. The number of hydrogen-bond acceptors (Lipinski definition) is 4. The third kappa shape index (κ3) is 3.26. The summed E-state index contributed by atoms with van der Waals surface area (Å²) in [5.74, 6) is 0.491. The summed E-state index contributed by atoms with van der Waals surface area (Å²) in [4.78, 5) is 16.7. The first-order valence-electron chi connectivity index (χ1n) is 5.54. The zero-order valence-electron chi connectivity index (χ0n) is 11.1. The molecule has 100 valence electrons. The van der Waals surface area contributed by atoms with Gasteiger partial charge in [-0.05, 0) is 20.8 Å². The molecule has 0 aromatic carbocycles. The van der Waals surface area contributed by atoms with Gasteiger partial charge in [0.15, 0.2) is 0 Å². The maximum Gasteiger partial charge on any atom is 0.408 e. The predicted octanol–water partition coefficient (Wildman–Crippen LogP) is 1.95. The molecule has 0 bridgehead atoms. The van der Waals surface area contributed by atoms with Gasteiger partial charge >= 0.3 is 6.09 Å². The normalized spacial score (nSPS) is 11.1. The largest absolute Gasteiger partial charge is 0.495 e. The molecule has 0 fully saturated rings. The van der Waals surface area contributed by atoms with Gasteiger partial charge in [-0.1, -0.05) is 0 Å². The summed E-state index contributed by atoms with van der Waals surface area (Å²) < 4.78 is 5.16. The maximum atomic E-state index is 11.2. The van der Waals surface area contributed by atoms with Crippen molar-refractivity contribution in [2.75, 3.05) is 12.8 Å². The van der Waals surface area contributed by atoms with Crippen LogP contribution < -0.4 is 10.5 Å². The second-order valence-electron chi connectivity index (χ2n) is 4.96. The maximum absolute atomic E-state index is 11.2. The molecule has 0 unspecified atom stereocenters. The molecule has 0 saturated carbocycles. The van der Waals surface area contributed by atoms with Crippen LogP contribution >= 0.6 is 0 Å². The molecule has 18 heavy (non-hydrogen) atoms. The average Bonchev–Trinajstić information content (AvgIpc) is 2.24. The number of nitrogens with two attached hydrogens (primary N) is 1. The Morgan fingerprint density at radius 2 is 2.17 bits per heavy atom. The van der Waals surface area contributed by atoms with Crippen LogP contribution in [0.5, 0.6) is 5.75 Å². The van der Waals surface area contributed by atoms with Crippen LogP contribution in [0.3, 0.4) is 0 Å². The van der Waals surface area contributed by atoms with Gasteiger partial charge in [-0.3, -0.25) is 9.88 Å². The molecule has 6 nitrogen and oxygen atoms in total. The number of ether oxygens (including phenoxy) is 1. The lowest BCUT2D eigenvalue weighted by molar-refractivity contribution is 0.0941. The number of pyridine rings is 1. The van der Waals surface area contributed by atoms with E-state index in [9.17, 15) is 9.90 Å². The summed E-state index contributed by atoms with van der Waals surface area (Å²) in [6, 6.07) is 1.63. The van der Waals surface area contributed by atoms with Gasteiger partial charge in [-0.2, -0.15) is 0 Å². The standard InChI is InChI=1S/C12H19N3O3/c1-12(2,3)15(11(16)17)7-9-10(18-4)5-8(13)6-14-9/h5-6H,7,13H2,1-4H3,(H,16,17). The van der Waals surface area contributed by atoms with Gasteiger partial charge in [-0.15, -0.1) is 0 Å². The topological polar surface area (TPSA) is 88.7 Å². The number of anilines is 1. The molecule has 3 N–H and O–H groups in total. The Labute approximate surface area is 106 Å². The fourth-order valence-corrected chi connectivity index (χ4v) is 1.53. The van der Waals surface area contributed by atoms with Crippen LogP contribution in [0.2, 0.25) is 0 Å². The highest BCUT2D eigenvalue weighted by Gasteiger charge is 2.27. The van der Waals surface area contributed by atoms with E-state index in [4.69, 9.17) is 10.5 Å². The van der Waals surface area contributed by atoms with Crippen molar-refractivity contribution in [1.82, 2.24) is 9.88 Å². The van der Waals surface area contributed by atoms with Gasteiger partial charge in [0, 0.05) is 11.6 Å². The van der Waals surface area contributed by atoms with Crippen molar-refractivity contribution in [3.63, 3.8) is 0 Å². The van der Waals surface area contributed by atoms with Gasteiger partial charge in [-0.25, -0.2) is 4.79 Å². The second-order valence-corrected chi connectivity index (χ2v) is 4.96. The lowest BCUT2D eigenvalue weighted by Crippen LogP contribution is -2.44. The van der Waals surface area contributed by atoms with Crippen molar-refractivity contribution in [3.8, 4) is 5.75 Å². The lowest BCUT2D eigenvalue weighted by atomic mass is 10.1. The molecule has 1 aromatic heterocycles. The van der Waals surface area contributed by atoms with Gasteiger partial charge in [0.05, 0.1) is 25.5 Å². The van der Waals surface area contributed by atoms with E-state index in [1.54, 1.807) is 6.07 Å². The van der Waals surface area contributed by atoms with E-state index in [1.807, 2.05) is 20.8 Å². The van der Waals surface area contributed by atoms with E-state index in [0.717, 1.165) is 0 Å². The Morgan fingerprint density at radius 1 is 1.56 bits per heavy atom. The number of nitrogens with zero attached hydrogens (tertiary/aromatic N) is 2. The van der Waals surface area contributed by atoms with Crippen LogP contribution in [0, 0.1) is 0 Å². The number of aromatic nitrogens is 1. The lowest BCUT2D eigenvalue weighted by Gasteiger charge is -2.33. The molecule has 0 saturated heterocycles. The van der Waals surface area contributed by atoms with Crippen molar-refractivity contribution in [3.05, 3.63) is 18.0 Å². The van der Waals surface area contributed by atoms with E-state index in [-0.39, 0.29) is 6.54 Å². The zero-order valence-corrected chi connectivity index (χ0v) is 11.1. The van der Waals surface area contributed by atoms with Crippen LogP contribution in [0.15, 0.2) is 12.3 Å². The molecule has 1 aromatic rings. The monoisotopic (exact) mass is 253 g/mol. The predicted molar refractivity (Wildman–Crippen MR) is 68.5 cm³/mol. The molecular weight excluding hydrogens is 234 g/mol. The fraction of sp³-hybridized carbons (Fsp3) is 0.500. The van der Waals surface area contributed by atoms with E-state index in [2.05, 4.69) is 4.98 Å². The highest BCUT2D eigenvalue weighted by atomic mass is 16.5. The molecule has 0 aliphatic carbocycles. The SMILES string of the molecule is COc1cc(N)cnc1CN(C(=O)O)C(C)(C)C. The Morgan fingerprint density at radius 3 is 2.61 bits per heavy atom. The highest BCUT2D eigenvalue weighted by Crippen LogP contribution is 2.23. The van der Waals surface area contributed by atoms with E-state index >= 15 is 0 Å². The van der Waals surface area contributed by atoms with Crippen LogP contribution in [0.25, 0.3) is 0 Å². The molecule has 1 amide bonds. The number of rotatable bonds is 3. The van der Waals surface area contributed by atoms with E-state index < -0.39 is 11.6 Å². The fourth-order valence-electron chi connectivity index (χ4n) is 1.53. The summed E-state index contributed by atoms with van der Waals surface area (Å²) in [7, 11) is 1.50.